The molecule has 0 radical (unpaired) electrons. The van der Waals surface area contributed by atoms with E-state index < -0.39 is 17.8 Å². The number of carbonyl (C=O) groups is 1. The number of fused-ring (bicyclic) bond motifs is 1. The van der Waals surface area contributed by atoms with Gasteiger partial charge in [0.25, 0.3) is 5.91 Å². The summed E-state index contributed by atoms with van der Waals surface area (Å²) in [6, 6.07) is 4.28. The third kappa shape index (κ3) is 2.96. The second kappa shape index (κ2) is 6.01. The van der Waals surface area contributed by atoms with Crippen molar-refractivity contribution in [3.63, 3.8) is 0 Å². The monoisotopic (exact) mass is 362 g/mol. The van der Waals surface area contributed by atoms with Crippen molar-refractivity contribution < 1.29 is 22.7 Å². The fraction of sp³-hybridized carbons (Fsp3) is 0.235. The van der Waals surface area contributed by atoms with Crippen LogP contribution in [0, 0.1) is 0 Å². The van der Waals surface area contributed by atoms with E-state index in [0.717, 1.165) is 6.07 Å². The van der Waals surface area contributed by atoms with Crippen LogP contribution in [0.25, 0.3) is 5.69 Å². The van der Waals surface area contributed by atoms with Gasteiger partial charge in [0.2, 0.25) is 0 Å². The SMILES string of the molecule is O=C1COC2=CCC(c3cc(C(F)(F)F)nn3-c3cccnc3)C=C2N1. The smallest absolute Gasteiger partial charge is 0.435 e. The number of nitrogens with zero attached hydrogens (tertiary/aromatic N) is 3. The second-order valence-corrected chi connectivity index (χ2v) is 5.90. The van der Waals surface area contributed by atoms with E-state index in [2.05, 4.69) is 15.4 Å². The minimum Gasteiger partial charge on any atom is -0.482 e. The Morgan fingerprint density at radius 2 is 2.19 bits per heavy atom. The molecule has 0 spiro atoms. The van der Waals surface area contributed by atoms with E-state index in [-0.39, 0.29) is 12.5 Å². The first-order valence-corrected chi connectivity index (χ1v) is 7.84. The molecule has 3 heterocycles. The van der Waals surface area contributed by atoms with Gasteiger partial charge in [-0.25, -0.2) is 4.68 Å². The zero-order valence-corrected chi connectivity index (χ0v) is 13.3. The number of hydrogen-bond acceptors (Lipinski definition) is 4. The molecule has 26 heavy (non-hydrogen) atoms. The number of halogens is 3. The summed E-state index contributed by atoms with van der Waals surface area (Å²) in [6.07, 6.45) is 2.29. The van der Waals surface area contributed by atoms with Crippen molar-refractivity contribution in [2.45, 2.75) is 18.5 Å². The van der Waals surface area contributed by atoms with Crippen LogP contribution < -0.4 is 5.32 Å². The molecule has 1 N–H and O–H groups in total. The van der Waals surface area contributed by atoms with E-state index >= 15 is 0 Å². The quantitative estimate of drug-likeness (QED) is 0.892. The number of hydrogen-bond donors (Lipinski definition) is 1. The van der Waals surface area contributed by atoms with Crippen LogP contribution in [0.5, 0.6) is 0 Å². The molecule has 1 fully saturated rings. The molecular formula is C17H13F3N4O2. The largest absolute Gasteiger partial charge is 0.482 e. The lowest BCUT2D eigenvalue weighted by Gasteiger charge is -2.26. The Hall–Kier alpha value is -3.10. The first kappa shape index (κ1) is 16.4. The highest BCUT2D eigenvalue weighted by molar-refractivity contribution is 5.81. The number of morpholine rings is 1. The molecule has 2 aromatic rings. The van der Waals surface area contributed by atoms with E-state index in [1.165, 1.54) is 17.1 Å². The molecule has 1 aliphatic carbocycles. The molecule has 1 aliphatic heterocycles. The molecule has 2 aliphatic rings. The summed E-state index contributed by atoms with van der Waals surface area (Å²) in [5.41, 5.74) is 0.265. The van der Waals surface area contributed by atoms with Gasteiger partial charge in [-0.05, 0) is 36.8 Å². The van der Waals surface area contributed by atoms with Gasteiger partial charge in [0.15, 0.2) is 12.3 Å². The average Bonchev–Trinajstić information content (AvgIpc) is 3.07. The Kier molecular flexibility index (Phi) is 3.78. The van der Waals surface area contributed by atoms with Gasteiger partial charge in [-0.15, -0.1) is 0 Å². The fourth-order valence-electron chi connectivity index (χ4n) is 2.96. The van der Waals surface area contributed by atoms with Gasteiger partial charge in [0.05, 0.1) is 23.3 Å². The Bertz CT molecular complexity index is 916. The Morgan fingerprint density at radius 3 is 2.92 bits per heavy atom. The van der Waals surface area contributed by atoms with Crippen LogP contribution in [0.2, 0.25) is 0 Å². The minimum atomic E-state index is -4.56. The van der Waals surface area contributed by atoms with Crippen molar-refractivity contribution >= 4 is 5.91 Å². The van der Waals surface area contributed by atoms with Gasteiger partial charge >= 0.3 is 6.18 Å². The van der Waals surface area contributed by atoms with Gasteiger partial charge in [-0.3, -0.25) is 9.78 Å². The number of aromatic nitrogens is 3. The topological polar surface area (TPSA) is 69.0 Å². The van der Waals surface area contributed by atoms with Crippen molar-refractivity contribution in [1.29, 1.82) is 0 Å². The number of pyridine rings is 1. The lowest BCUT2D eigenvalue weighted by atomic mass is 9.94. The van der Waals surface area contributed by atoms with Crippen LogP contribution in [-0.2, 0) is 15.7 Å². The maximum Gasteiger partial charge on any atom is 0.435 e. The number of alkyl halides is 3. The maximum atomic E-state index is 13.2. The van der Waals surface area contributed by atoms with Crippen LogP contribution in [0.1, 0.15) is 23.7 Å². The van der Waals surface area contributed by atoms with Gasteiger partial charge < -0.3 is 10.1 Å². The van der Waals surface area contributed by atoms with Crippen LogP contribution in [0.3, 0.4) is 0 Å². The van der Waals surface area contributed by atoms with Crippen LogP contribution in [0.15, 0.2) is 54.2 Å². The molecule has 134 valence electrons. The van der Waals surface area contributed by atoms with Crippen LogP contribution in [0.4, 0.5) is 13.2 Å². The van der Waals surface area contributed by atoms with E-state index in [9.17, 15) is 18.0 Å². The zero-order chi connectivity index (χ0) is 18.3. The third-order valence-electron chi connectivity index (χ3n) is 4.12. The predicted octanol–water partition coefficient (Wildman–Crippen LogP) is 2.69. The number of carbonyl (C=O) groups excluding carboxylic acids is 1. The van der Waals surface area contributed by atoms with E-state index in [0.29, 0.717) is 29.3 Å². The number of allylic oxidation sites excluding steroid dienone is 2. The molecule has 1 amide bonds. The van der Waals surface area contributed by atoms with Gasteiger partial charge in [-0.2, -0.15) is 18.3 Å². The summed E-state index contributed by atoms with van der Waals surface area (Å²) in [5, 5.41) is 6.41. The standard InChI is InChI=1S/C17H13F3N4O2/c18-17(19,20)15-7-13(24(23-15)11-2-1-5-21-8-11)10-3-4-14-12(6-10)22-16(25)9-26-14/h1-2,4-8,10H,3,9H2,(H,22,25). The highest BCUT2D eigenvalue weighted by Crippen LogP contribution is 2.36. The van der Waals surface area contributed by atoms with E-state index in [4.69, 9.17) is 4.74 Å². The molecule has 4 rings (SSSR count). The molecule has 1 saturated heterocycles. The van der Waals surface area contributed by atoms with Crippen molar-refractivity contribution in [3.05, 3.63) is 65.6 Å². The van der Waals surface area contributed by atoms with Crippen LogP contribution in [-0.4, -0.2) is 27.3 Å². The molecule has 0 aromatic carbocycles. The van der Waals surface area contributed by atoms with E-state index in [1.54, 1.807) is 24.3 Å². The van der Waals surface area contributed by atoms with Crippen molar-refractivity contribution in [3.8, 4) is 5.69 Å². The Labute approximate surface area is 146 Å². The molecule has 6 nitrogen and oxygen atoms in total. The first-order valence-electron chi connectivity index (χ1n) is 7.84. The minimum absolute atomic E-state index is 0.0698. The maximum absolute atomic E-state index is 13.2. The summed E-state index contributed by atoms with van der Waals surface area (Å²) in [4.78, 5) is 15.5. The highest BCUT2D eigenvalue weighted by Gasteiger charge is 2.36. The number of rotatable bonds is 2. The summed E-state index contributed by atoms with van der Waals surface area (Å²) < 4.78 is 46.1. The van der Waals surface area contributed by atoms with Crippen molar-refractivity contribution in [2.75, 3.05) is 6.61 Å². The summed E-state index contributed by atoms with van der Waals surface area (Å²) in [5.74, 6) is -0.172. The molecule has 0 bridgehead atoms. The highest BCUT2D eigenvalue weighted by atomic mass is 19.4. The first-order chi connectivity index (χ1) is 12.4. The molecule has 0 saturated carbocycles. The van der Waals surface area contributed by atoms with Crippen LogP contribution >= 0.6 is 0 Å². The number of nitrogens with one attached hydrogen (secondary N) is 1. The van der Waals surface area contributed by atoms with Crippen molar-refractivity contribution in [2.24, 2.45) is 0 Å². The Morgan fingerprint density at radius 1 is 1.35 bits per heavy atom. The predicted molar refractivity (Wildman–Crippen MR) is 84.0 cm³/mol. The summed E-state index contributed by atoms with van der Waals surface area (Å²) >= 11 is 0. The van der Waals surface area contributed by atoms with Gasteiger partial charge in [-0.1, -0.05) is 0 Å². The number of amides is 1. The normalized spacial score (nSPS) is 19.8. The lowest BCUT2D eigenvalue weighted by molar-refractivity contribution is -0.141. The van der Waals surface area contributed by atoms with E-state index in [1.807, 2.05) is 0 Å². The lowest BCUT2D eigenvalue weighted by Crippen LogP contribution is -2.35. The molecular weight excluding hydrogens is 349 g/mol. The zero-order valence-electron chi connectivity index (χ0n) is 13.3. The van der Waals surface area contributed by atoms with Gasteiger partial charge in [0, 0.05) is 12.1 Å². The summed E-state index contributed by atoms with van der Waals surface area (Å²) in [7, 11) is 0. The molecule has 1 unspecified atom stereocenters. The van der Waals surface area contributed by atoms with Gasteiger partial charge in [0.1, 0.15) is 5.76 Å². The fourth-order valence-corrected chi connectivity index (χ4v) is 2.96. The molecule has 1 atom stereocenters. The van der Waals surface area contributed by atoms with Crippen molar-refractivity contribution in [1.82, 2.24) is 20.1 Å². The summed E-state index contributed by atoms with van der Waals surface area (Å²) in [6.45, 7) is -0.0698. The Balaban J connectivity index is 1.77. The molecule has 9 heteroatoms. The molecule has 2 aromatic heterocycles. The third-order valence-corrected chi connectivity index (χ3v) is 4.12. The average molecular weight is 362 g/mol. The second-order valence-electron chi connectivity index (χ2n) is 5.90. The number of ether oxygens (including phenoxy) is 1.